The Hall–Kier alpha value is -6.07. The number of amides is 6. The molecule has 6 aliphatic rings. The standard InChI is InChI=1S/C45H47N7O7/c1-2-27-20-35(7-3-29(27)23-46)59-34-8-4-32(5-9-34)51-25-31-19-33(6-10-36(31)43(51)56)49-17-15-48(16-18-49)26-41(54)50-14-13-28-21-37-38(22-30(28)24-50)45(58)52(44(37)57)39-11-12-40(53)47-42(39)55/h3,6-7,10,19-22,32,34,39H,2,4-5,8-9,11-18,24-26H2,1H3,(H,47,53,55). The number of carbonyl (C=O) groups is 6. The number of piperidine rings is 1. The van der Waals surface area contributed by atoms with Crippen molar-refractivity contribution in [3.8, 4) is 11.8 Å². The largest absolute Gasteiger partial charge is 0.490 e. The number of nitrogens with one attached hydrogen (secondary N) is 1. The van der Waals surface area contributed by atoms with Crippen molar-refractivity contribution in [2.75, 3.05) is 44.2 Å². The van der Waals surface area contributed by atoms with Crippen LogP contribution in [0.1, 0.15) is 104 Å². The molecule has 14 nitrogen and oxygen atoms in total. The summed E-state index contributed by atoms with van der Waals surface area (Å²) < 4.78 is 6.32. The fraction of sp³-hybridized carbons (Fsp3) is 0.444. The molecule has 1 saturated carbocycles. The fourth-order valence-electron chi connectivity index (χ4n) is 9.73. The molecule has 3 fully saturated rings. The van der Waals surface area contributed by atoms with E-state index in [1.165, 1.54) is 0 Å². The lowest BCUT2D eigenvalue weighted by Gasteiger charge is -2.37. The zero-order valence-electron chi connectivity index (χ0n) is 33.2. The van der Waals surface area contributed by atoms with Crippen LogP contribution in [0, 0.1) is 11.3 Å². The van der Waals surface area contributed by atoms with Gasteiger partial charge in [-0.3, -0.25) is 43.9 Å². The Labute approximate surface area is 342 Å². The summed E-state index contributed by atoms with van der Waals surface area (Å²) in [6.45, 7) is 6.69. The first-order valence-corrected chi connectivity index (χ1v) is 20.8. The number of hydrogen-bond acceptors (Lipinski definition) is 10. The van der Waals surface area contributed by atoms with Crippen molar-refractivity contribution in [3.05, 3.63) is 93.0 Å². The number of piperazine rings is 1. The van der Waals surface area contributed by atoms with Crippen molar-refractivity contribution in [2.24, 2.45) is 0 Å². The first kappa shape index (κ1) is 38.4. The third-order valence-corrected chi connectivity index (χ3v) is 13.1. The molecule has 3 aromatic carbocycles. The maximum atomic E-state index is 13.6. The lowest BCUT2D eigenvalue weighted by Crippen LogP contribution is -2.54. The van der Waals surface area contributed by atoms with E-state index in [2.05, 4.69) is 27.3 Å². The van der Waals surface area contributed by atoms with E-state index >= 15 is 0 Å². The lowest BCUT2D eigenvalue weighted by atomic mass is 9.91. The first-order chi connectivity index (χ1) is 28.6. The second-order valence-corrected chi connectivity index (χ2v) is 16.5. The van der Waals surface area contributed by atoms with Gasteiger partial charge in [-0.05, 0) is 116 Å². The lowest BCUT2D eigenvalue weighted by molar-refractivity contribution is -0.136. The Morgan fingerprint density at radius 1 is 0.780 bits per heavy atom. The number of nitriles is 1. The molecule has 5 heterocycles. The minimum Gasteiger partial charge on any atom is -0.490 e. The quantitative estimate of drug-likeness (QED) is 0.334. The number of anilines is 1. The van der Waals surface area contributed by atoms with Crippen LogP contribution < -0.4 is 15.0 Å². The molecule has 0 radical (unpaired) electrons. The molecule has 3 aromatic rings. The first-order valence-electron chi connectivity index (χ1n) is 20.8. The number of ether oxygens (including phenoxy) is 1. The van der Waals surface area contributed by atoms with Crippen LogP contribution in [0.3, 0.4) is 0 Å². The van der Waals surface area contributed by atoms with E-state index in [4.69, 9.17) is 4.74 Å². The van der Waals surface area contributed by atoms with Crippen LogP contribution >= 0.6 is 0 Å². The van der Waals surface area contributed by atoms with Crippen LogP contribution in [-0.2, 0) is 40.3 Å². The number of benzene rings is 3. The van der Waals surface area contributed by atoms with Crippen LogP contribution in [0.4, 0.5) is 5.69 Å². The molecule has 0 spiro atoms. The normalized spacial score (nSPS) is 23.2. The van der Waals surface area contributed by atoms with Crippen LogP contribution in [0.15, 0.2) is 48.5 Å². The van der Waals surface area contributed by atoms with Gasteiger partial charge in [-0.2, -0.15) is 5.26 Å². The average Bonchev–Trinajstić information content (AvgIpc) is 3.70. The number of hydrogen-bond donors (Lipinski definition) is 1. The van der Waals surface area contributed by atoms with Gasteiger partial charge in [0.15, 0.2) is 0 Å². The van der Waals surface area contributed by atoms with Crippen LogP contribution in [-0.4, -0.2) is 112 Å². The predicted molar refractivity (Wildman–Crippen MR) is 214 cm³/mol. The highest BCUT2D eigenvalue weighted by Crippen LogP contribution is 2.36. The van der Waals surface area contributed by atoms with Gasteiger partial charge in [0.1, 0.15) is 11.8 Å². The van der Waals surface area contributed by atoms with E-state index in [9.17, 15) is 34.0 Å². The summed E-state index contributed by atoms with van der Waals surface area (Å²) in [6, 6.07) is 16.7. The highest BCUT2D eigenvalue weighted by Gasteiger charge is 2.45. The second kappa shape index (κ2) is 15.6. The zero-order chi connectivity index (χ0) is 40.9. The summed E-state index contributed by atoms with van der Waals surface area (Å²) in [4.78, 5) is 87.3. The number of nitrogens with zero attached hydrogens (tertiary/aromatic N) is 6. The molecule has 6 amide bonds. The van der Waals surface area contributed by atoms with Gasteiger partial charge < -0.3 is 19.4 Å². The Morgan fingerprint density at radius 3 is 2.24 bits per heavy atom. The molecular weight excluding hydrogens is 751 g/mol. The number of carbonyl (C=O) groups excluding carboxylic acids is 6. The second-order valence-electron chi connectivity index (χ2n) is 16.5. The Kier molecular flexibility index (Phi) is 10.2. The van der Waals surface area contributed by atoms with Crippen molar-refractivity contribution in [2.45, 2.75) is 89.6 Å². The third-order valence-electron chi connectivity index (χ3n) is 13.1. The SMILES string of the molecule is CCc1cc(OC2CCC(N3Cc4cc(N5CCN(CC(=O)N6CCc7cc8c(cc7C6)C(=O)N(C6CCC(=O)NC6=O)C8=O)CC5)ccc4C3=O)CC2)ccc1C#N. The highest BCUT2D eigenvalue weighted by atomic mass is 16.5. The topological polar surface area (TPSA) is 164 Å². The van der Waals surface area contributed by atoms with Crippen LogP contribution in [0.5, 0.6) is 5.75 Å². The van der Waals surface area contributed by atoms with Gasteiger partial charge in [-0.1, -0.05) is 6.92 Å². The fourth-order valence-corrected chi connectivity index (χ4v) is 9.73. The zero-order valence-corrected chi connectivity index (χ0v) is 33.2. The van der Waals surface area contributed by atoms with Gasteiger partial charge in [0.2, 0.25) is 17.7 Å². The number of aryl methyl sites for hydroxylation is 1. The molecule has 9 rings (SSSR count). The molecule has 0 aromatic heterocycles. The summed E-state index contributed by atoms with van der Waals surface area (Å²) in [5.74, 6) is -1.23. The monoisotopic (exact) mass is 797 g/mol. The van der Waals surface area contributed by atoms with Gasteiger partial charge in [0.25, 0.3) is 17.7 Å². The number of rotatable bonds is 8. The Morgan fingerprint density at radius 2 is 1.53 bits per heavy atom. The van der Waals surface area contributed by atoms with Gasteiger partial charge in [0.05, 0.1) is 35.4 Å². The van der Waals surface area contributed by atoms with Gasteiger partial charge >= 0.3 is 0 Å². The van der Waals surface area contributed by atoms with E-state index in [0.717, 1.165) is 89.3 Å². The van der Waals surface area contributed by atoms with E-state index in [-0.39, 0.29) is 54.5 Å². The van der Waals surface area contributed by atoms with E-state index in [1.807, 2.05) is 42.2 Å². The van der Waals surface area contributed by atoms with Gasteiger partial charge in [0, 0.05) is 69.5 Å². The van der Waals surface area contributed by atoms with E-state index < -0.39 is 29.7 Å². The molecule has 1 unspecified atom stereocenters. The smallest absolute Gasteiger partial charge is 0.262 e. The van der Waals surface area contributed by atoms with Crippen molar-refractivity contribution < 1.29 is 33.5 Å². The maximum absolute atomic E-state index is 13.6. The summed E-state index contributed by atoms with van der Waals surface area (Å²) in [5, 5.41) is 11.6. The predicted octanol–water partition coefficient (Wildman–Crippen LogP) is 3.57. The molecule has 0 bridgehead atoms. The van der Waals surface area contributed by atoms with Crippen molar-refractivity contribution >= 4 is 41.1 Å². The van der Waals surface area contributed by atoms with Gasteiger partial charge in [-0.15, -0.1) is 0 Å². The summed E-state index contributed by atoms with van der Waals surface area (Å²) >= 11 is 0. The molecular formula is C45H47N7O7. The molecule has 1 N–H and O–H groups in total. The minimum atomic E-state index is -1.02. The maximum Gasteiger partial charge on any atom is 0.262 e. The van der Waals surface area contributed by atoms with Crippen molar-refractivity contribution in [1.29, 1.82) is 5.26 Å². The molecule has 1 aliphatic carbocycles. The Balaban J connectivity index is 0.757. The minimum absolute atomic E-state index is 0.00814. The van der Waals surface area contributed by atoms with E-state index in [0.29, 0.717) is 44.7 Å². The average molecular weight is 798 g/mol. The number of fused-ring (bicyclic) bond motifs is 3. The molecule has 14 heteroatoms. The summed E-state index contributed by atoms with van der Waals surface area (Å²) in [5.41, 5.74) is 6.82. The highest BCUT2D eigenvalue weighted by molar-refractivity contribution is 6.23. The van der Waals surface area contributed by atoms with Gasteiger partial charge in [-0.25, -0.2) is 0 Å². The molecule has 5 aliphatic heterocycles. The molecule has 1 atom stereocenters. The van der Waals surface area contributed by atoms with Crippen LogP contribution in [0.2, 0.25) is 0 Å². The van der Waals surface area contributed by atoms with Crippen LogP contribution in [0.25, 0.3) is 0 Å². The summed E-state index contributed by atoms with van der Waals surface area (Å²) in [6.07, 6.45) is 5.07. The van der Waals surface area contributed by atoms with Crippen molar-refractivity contribution in [3.63, 3.8) is 0 Å². The third kappa shape index (κ3) is 7.22. The Bertz CT molecular complexity index is 2320. The van der Waals surface area contributed by atoms with Crippen molar-refractivity contribution in [1.82, 2.24) is 24.9 Å². The van der Waals surface area contributed by atoms with E-state index in [1.54, 1.807) is 17.0 Å². The molecule has 304 valence electrons. The molecule has 2 saturated heterocycles. The number of imide groups is 2. The summed E-state index contributed by atoms with van der Waals surface area (Å²) in [7, 11) is 0. The molecule has 59 heavy (non-hydrogen) atoms.